The van der Waals surface area contributed by atoms with E-state index >= 15 is 0 Å². The molecule has 0 aliphatic rings. The van der Waals surface area contributed by atoms with Gasteiger partial charge in [0.15, 0.2) is 17.5 Å². The highest BCUT2D eigenvalue weighted by Gasteiger charge is 2.09. The molecular formula is C20H26IN5O2. The summed E-state index contributed by atoms with van der Waals surface area (Å²) in [6.45, 7) is 7.88. The van der Waals surface area contributed by atoms with Crippen LogP contribution in [0.2, 0.25) is 0 Å². The Labute approximate surface area is 182 Å². The van der Waals surface area contributed by atoms with Crippen LogP contribution in [0.5, 0.6) is 0 Å². The Bertz CT molecular complexity index is 874. The van der Waals surface area contributed by atoms with Crippen LogP contribution in [0.25, 0.3) is 11.3 Å². The van der Waals surface area contributed by atoms with Gasteiger partial charge >= 0.3 is 0 Å². The molecule has 28 heavy (non-hydrogen) atoms. The Morgan fingerprint density at radius 3 is 2.54 bits per heavy atom. The first kappa shape index (κ1) is 21.9. The Kier molecular flexibility index (Phi) is 8.49. The third-order valence-corrected chi connectivity index (χ3v) is 3.96. The molecule has 0 atom stereocenters. The molecule has 3 rings (SSSR count). The van der Waals surface area contributed by atoms with Crippen LogP contribution in [-0.4, -0.2) is 22.8 Å². The second-order valence-corrected chi connectivity index (χ2v) is 6.47. The number of aromatic nitrogens is 2. The monoisotopic (exact) mass is 495 g/mol. The second-order valence-electron chi connectivity index (χ2n) is 6.47. The highest BCUT2D eigenvalue weighted by atomic mass is 127. The number of hydrogen-bond acceptors (Lipinski definition) is 5. The summed E-state index contributed by atoms with van der Waals surface area (Å²) in [5.41, 5.74) is 2.72. The third kappa shape index (κ3) is 6.08. The van der Waals surface area contributed by atoms with Crippen molar-refractivity contribution in [2.45, 2.75) is 39.8 Å². The first-order chi connectivity index (χ1) is 13.2. The van der Waals surface area contributed by atoms with Crippen molar-refractivity contribution in [1.29, 1.82) is 0 Å². The number of nitrogens with one attached hydrogen (secondary N) is 2. The average molecular weight is 495 g/mol. The molecule has 1 aromatic carbocycles. The van der Waals surface area contributed by atoms with Gasteiger partial charge in [0.2, 0.25) is 0 Å². The predicted octanol–water partition coefficient (Wildman–Crippen LogP) is 4.33. The smallest absolute Gasteiger partial charge is 0.192 e. The van der Waals surface area contributed by atoms with Crippen LogP contribution in [-0.2, 0) is 13.1 Å². The van der Waals surface area contributed by atoms with Gasteiger partial charge in [-0.25, -0.2) is 4.99 Å². The number of hydrogen-bond donors (Lipinski definition) is 2. The molecule has 0 radical (unpaired) electrons. The summed E-state index contributed by atoms with van der Waals surface area (Å²) in [6, 6.07) is 13.8. The van der Waals surface area contributed by atoms with Crippen molar-refractivity contribution in [1.82, 2.24) is 20.9 Å². The van der Waals surface area contributed by atoms with Crippen LogP contribution in [0.4, 0.5) is 0 Å². The summed E-state index contributed by atoms with van der Waals surface area (Å²) >= 11 is 0. The molecule has 0 unspecified atom stereocenters. The van der Waals surface area contributed by atoms with Crippen molar-refractivity contribution in [3.63, 3.8) is 0 Å². The van der Waals surface area contributed by atoms with Crippen LogP contribution in [0, 0.1) is 0 Å². The van der Waals surface area contributed by atoms with E-state index in [1.807, 2.05) is 49.4 Å². The SMILES string of the molecule is CCNC(=NCc1cc(-c2ccccc2)on1)NCc1cc(C(C)C)no1.I. The van der Waals surface area contributed by atoms with Crippen molar-refractivity contribution >= 4 is 29.9 Å². The second kappa shape index (κ2) is 10.8. The molecule has 0 fully saturated rings. The van der Waals surface area contributed by atoms with E-state index in [9.17, 15) is 0 Å². The molecule has 0 spiro atoms. The van der Waals surface area contributed by atoms with E-state index in [1.165, 1.54) is 0 Å². The van der Waals surface area contributed by atoms with Gasteiger partial charge in [0, 0.05) is 24.2 Å². The lowest BCUT2D eigenvalue weighted by atomic mass is 10.1. The average Bonchev–Trinajstić information content (AvgIpc) is 3.34. The fourth-order valence-corrected chi connectivity index (χ4v) is 2.48. The van der Waals surface area contributed by atoms with Crippen molar-refractivity contribution in [3.05, 3.63) is 59.6 Å². The summed E-state index contributed by atoms with van der Waals surface area (Å²) in [5.74, 6) is 2.54. The summed E-state index contributed by atoms with van der Waals surface area (Å²) in [6.07, 6.45) is 0. The van der Waals surface area contributed by atoms with Gasteiger partial charge in [-0.2, -0.15) is 0 Å². The third-order valence-electron chi connectivity index (χ3n) is 3.96. The lowest BCUT2D eigenvalue weighted by molar-refractivity contribution is 0.372. The maximum absolute atomic E-state index is 5.41. The minimum atomic E-state index is 0. The molecular weight excluding hydrogens is 469 g/mol. The zero-order valence-corrected chi connectivity index (χ0v) is 18.6. The van der Waals surface area contributed by atoms with Crippen LogP contribution in [0.1, 0.15) is 43.8 Å². The number of benzene rings is 1. The van der Waals surface area contributed by atoms with E-state index in [4.69, 9.17) is 9.05 Å². The molecule has 2 N–H and O–H groups in total. The Hall–Kier alpha value is -2.36. The van der Waals surface area contributed by atoms with Gasteiger partial charge in [0.1, 0.15) is 5.69 Å². The summed E-state index contributed by atoms with van der Waals surface area (Å²) < 4.78 is 10.8. The lowest BCUT2D eigenvalue weighted by Gasteiger charge is -2.09. The molecule has 0 bridgehead atoms. The van der Waals surface area contributed by atoms with Crippen LogP contribution in [0.3, 0.4) is 0 Å². The van der Waals surface area contributed by atoms with Gasteiger partial charge < -0.3 is 19.7 Å². The van der Waals surface area contributed by atoms with E-state index in [-0.39, 0.29) is 24.0 Å². The van der Waals surface area contributed by atoms with Gasteiger partial charge in [-0.1, -0.05) is 54.5 Å². The van der Waals surface area contributed by atoms with Crippen LogP contribution in [0.15, 0.2) is 56.5 Å². The highest BCUT2D eigenvalue weighted by Crippen LogP contribution is 2.20. The van der Waals surface area contributed by atoms with E-state index in [1.54, 1.807) is 0 Å². The van der Waals surface area contributed by atoms with Gasteiger partial charge in [0.25, 0.3) is 0 Å². The van der Waals surface area contributed by atoms with Gasteiger partial charge in [-0.15, -0.1) is 24.0 Å². The zero-order valence-electron chi connectivity index (χ0n) is 16.3. The molecule has 7 nitrogen and oxygen atoms in total. The maximum atomic E-state index is 5.41. The minimum absolute atomic E-state index is 0. The summed E-state index contributed by atoms with van der Waals surface area (Å²) in [5, 5.41) is 14.6. The van der Waals surface area contributed by atoms with E-state index < -0.39 is 0 Å². The molecule has 0 amide bonds. The summed E-state index contributed by atoms with van der Waals surface area (Å²) in [7, 11) is 0. The van der Waals surface area contributed by atoms with Gasteiger partial charge in [-0.05, 0) is 12.8 Å². The Morgan fingerprint density at radius 1 is 1.07 bits per heavy atom. The largest absolute Gasteiger partial charge is 0.359 e. The van der Waals surface area contributed by atoms with Gasteiger partial charge in [-0.3, -0.25) is 0 Å². The standard InChI is InChI=1S/C20H25N5O2.HI/c1-4-21-20(23-13-17-11-18(14(2)3)25-26-17)22-12-16-10-19(27-24-16)15-8-6-5-7-9-15;/h5-11,14H,4,12-13H2,1-3H3,(H2,21,22,23);1H. The number of aliphatic imine (C=N–C) groups is 1. The quantitative estimate of drug-likeness (QED) is 0.288. The molecule has 3 aromatic rings. The topological polar surface area (TPSA) is 88.5 Å². The number of nitrogens with zero attached hydrogens (tertiary/aromatic N) is 3. The Morgan fingerprint density at radius 2 is 1.86 bits per heavy atom. The van der Waals surface area contributed by atoms with Crippen molar-refractivity contribution in [2.24, 2.45) is 4.99 Å². The molecule has 0 aliphatic heterocycles. The van der Waals surface area contributed by atoms with E-state index in [0.717, 1.165) is 35.0 Å². The number of halogens is 1. The van der Waals surface area contributed by atoms with Gasteiger partial charge in [0.05, 0.1) is 18.8 Å². The fourth-order valence-electron chi connectivity index (χ4n) is 2.48. The van der Waals surface area contributed by atoms with Crippen LogP contribution >= 0.6 is 24.0 Å². The summed E-state index contributed by atoms with van der Waals surface area (Å²) in [4.78, 5) is 4.56. The first-order valence-electron chi connectivity index (χ1n) is 9.14. The van der Waals surface area contributed by atoms with E-state index in [2.05, 4.69) is 39.8 Å². The molecule has 150 valence electrons. The van der Waals surface area contributed by atoms with Crippen molar-refractivity contribution in [3.8, 4) is 11.3 Å². The molecule has 2 aromatic heterocycles. The molecule has 0 saturated carbocycles. The molecule has 0 aliphatic carbocycles. The number of guanidine groups is 1. The van der Waals surface area contributed by atoms with E-state index in [0.29, 0.717) is 25.0 Å². The number of rotatable bonds is 7. The molecule has 8 heteroatoms. The minimum Gasteiger partial charge on any atom is -0.359 e. The fraction of sp³-hybridized carbons (Fsp3) is 0.350. The normalized spacial score (nSPS) is 11.4. The zero-order chi connectivity index (χ0) is 19.1. The predicted molar refractivity (Wildman–Crippen MR) is 120 cm³/mol. The maximum Gasteiger partial charge on any atom is 0.192 e. The highest BCUT2D eigenvalue weighted by molar-refractivity contribution is 14.0. The first-order valence-corrected chi connectivity index (χ1v) is 9.14. The van der Waals surface area contributed by atoms with Crippen molar-refractivity contribution < 1.29 is 9.05 Å². The lowest BCUT2D eigenvalue weighted by Crippen LogP contribution is -2.36. The Balaban J connectivity index is 0.00000280. The van der Waals surface area contributed by atoms with Crippen molar-refractivity contribution in [2.75, 3.05) is 6.54 Å². The molecule has 2 heterocycles. The van der Waals surface area contributed by atoms with Crippen LogP contribution < -0.4 is 10.6 Å². The molecule has 0 saturated heterocycles.